The Labute approximate surface area is 192 Å². The van der Waals surface area contributed by atoms with Crippen LogP contribution in [-0.2, 0) is 4.84 Å². The zero-order chi connectivity index (χ0) is 23.0. The van der Waals surface area contributed by atoms with Gasteiger partial charge in [-0.3, -0.25) is 0 Å². The SMILES string of the molecule is NCCON=Cc1c(N)ncnc1N1CCN(C(=O)Nc2ccc(OC3CCC3)nc2)CC1. The lowest BCUT2D eigenvalue weighted by Crippen LogP contribution is -2.50. The number of hydrogen-bond donors (Lipinski definition) is 3. The van der Waals surface area contributed by atoms with Crippen LogP contribution in [0.5, 0.6) is 5.88 Å². The molecular weight excluding hydrogens is 426 g/mol. The van der Waals surface area contributed by atoms with Crippen LogP contribution in [0.4, 0.5) is 22.1 Å². The average molecular weight is 456 g/mol. The first-order valence-corrected chi connectivity index (χ1v) is 11.0. The maximum Gasteiger partial charge on any atom is 0.322 e. The molecule has 33 heavy (non-hydrogen) atoms. The molecule has 0 spiro atoms. The molecule has 1 aliphatic carbocycles. The number of carbonyl (C=O) groups excluding carboxylic acids is 1. The van der Waals surface area contributed by atoms with Crippen molar-refractivity contribution in [3.05, 3.63) is 30.2 Å². The lowest BCUT2D eigenvalue weighted by atomic mass is 9.96. The van der Waals surface area contributed by atoms with Gasteiger partial charge in [-0.05, 0) is 25.3 Å². The van der Waals surface area contributed by atoms with Gasteiger partial charge in [0.15, 0.2) is 0 Å². The van der Waals surface area contributed by atoms with Crippen molar-refractivity contribution in [2.45, 2.75) is 25.4 Å². The second-order valence-electron chi connectivity index (χ2n) is 7.81. The van der Waals surface area contributed by atoms with Crippen LogP contribution in [0.25, 0.3) is 0 Å². The van der Waals surface area contributed by atoms with Gasteiger partial charge in [-0.25, -0.2) is 19.7 Å². The molecule has 2 aromatic heterocycles. The Kier molecular flexibility index (Phi) is 7.35. The van der Waals surface area contributed by atoms with E-state index in [1.807, 2.05) is 4.90 Å². The molecule has 1 aliphatic heterocycles. The van der Waals surface area contributed by atoms with Crippen molar-refractivity contribution >= 4 is 29.6 Å². The van der Waals surface area contributed by atoms with Crippen molar-refractivity contribution in [1.82, 2.24) is 19.9 Å². The van der Waals surface area contributed by atoms with Crippen LogP contribution in [0.1, 0.15) is 24.8 Å². The highest BCUT2D eigenvalue weighted by Gasteiger charge is 2.24. The van der Waals surface area contributed by atoms with Crippen LogP contribution in [0.2, 0.25) is 0 Å². The summed E-state index contributed by atoms with van der Waals surface area (Å²) in [5, 5.41) is 6.78. The van der Waals surface area contributed by atoms with E-state index in [0.717, 1.165) is 12.8 Å². The van der Waals surface area contributed by atoms with Crippen LogP contribution in [0, 0.1) is 0 Å². The summed E-state index contributed by atoms with van der Waals surface area (Å²) in [6.45, 7) is 2.88. The third-order valence-corrected chi connectivity index (χ3v) is 5.55. The van der Waals surface area contributed by atoms with E-state index in [4.69, 9.17) is 21.0 Å². The number of nitrogens with one attached hydrogen (secondary N) is 1. The van der Waals surface area contributed by atoms with Crippen LogP contribution in [0.3, 0.4) is 0 Å². The fourth-order valence-corrected chi connectivity index (χ4v) is 3.48. The fourth-order valence-electron chi connectivity index (χ4n) is 3.48. The van der Waals surface area contributed by atoms with Gasteiger partial charge in [-0.15, -0.1) is 0 Å². The molecule has 2 aliphatic rings. The van der Waals surface area contributed by atoms with E-state index >= 15 is 0 Å². The predicted octanol–water partition coefficient (Wildman–Crippen LogP) is 1.05. The number of urea groups is 1. The second-order valence-corrected chi connectivity index (χ2v) is 7.81. The molecule has 3 heterocycles. The number of nitrogens with zero attached hydrogens (tertiary/aromatic N) is 6. The Morgan fingerprint density at radius 3 is 2.70 bits per heavy atom. The highest BCUT2D eigenvalue weighted by molar-refractivity contribution is 5.92. The van der Waals surface area contributed by atoms with E-state index in [9.17, 15) is 4.79 Å². The molecule has 0 atom stereocenters. The van der Waals surface area contributed by atoms with Crippen molar-refractivity contribution in [1.29, 1.82) is 0 Å². The molecule has 1 saturated carbocycles. The van der Waals surface area contributed by atoms with Crippen molar-refractivity contribution in [2.24, 2.45) is 10.9 Å². The number of nitrogens with two attached hydrogens (primary N) is 2. The Morgan fingerprint density at radius 1 is 1.21 bits per heavy atom. The minimum Gasteiger partial charge on any atom is -0.474 e. The summed E-state index contributed by atoms with van der Waals surface area (Å²) in [6.07, 6.45) is 8.13. The molecule has 5 N–H and O–H groups in total. The lowest BCUT2D eigenvalue weighted by Gasteiger charge is -2.35. The van der Waals surface area contributed by atoms with Crippen molar-refractivity contribution in [3.8, 4) is 5.88 Å². The number of ether oxygens (including phenoxy) is 1. The van der Waals surface area contributed by atoms with Gasteiger partial charge in [0.05, 0.1) is 23.7 Å². The van der Waals surface area contributed by atoms with Crippen molar-refractivity contribution in [3.63, 3.8) is 0 Å². The van der Waals surface area contributed by atoms with E-state index in [0.29, 0.717) is 68.1 Å². The Hall–Kier alpha value is -3.67. The predicted molar refractivity (Wildman–Crippen MR) is 124 cm³/mol. The summed E-state index contributed by atoms with van der Waals surface area (Å²) in [7, 11) is 0. The number of oxime groups is 1. The summed E-state index contributed by atoms with van der Waals surface area (Å²) in [6, 6.07) is 3.41. The first-order chi connectivity index (χ1) is 16.1. The molecule has 0 aromatic carbocycles. The maximum atomic E-state index is 12.7. The average Bonchev–Trinajstić information content (AvgIpc) is 2.81. The van der Waals surface area contributed by atoms with Crippen molar-refractivity contribution in [2.75, 3.05) is 55.3 Å². The molecule has 2 fully saturated rings. The van der Waals surface area contributed by atoms with Crippen LogP contribution >= 0.6 is 0 Å². The number of aromatic nitrogens is 3. The van der Waals surface area contributed by atoms with Crippen molar-refractivity contribution < 1.29 is 14.4 Å². The van der Waals surface area contributed by atoms with Gasteiger partial charge in [0.25, 0.3) is 0 Å². The van der Waals surface area contributed by atoms with E-state index < -0.39 is 0 Å². The standard InChI is InChI=1S/C21H29N9O3/c22-6-11-32-27-13-17-19(23)25-14-26-20(17)29-7-9-30(10-8-29)21(31)28-15-4-5-18(24-12-15)33-16-2-1-3-16/h4-5,12-14,16H,1-3,6-11,22H2,(H,28,31)(H2,23,25,26). The molecule has 12 heteroatoms. The Morgan fingerprint density at radius 2 is 2.03 bits per heavy atom. The maximum absolute atomic E-state index is 12.7. The minimum atomic E-state index is -0.178. The molecule has 0 radical (unpaired) electrons. The van der Waals surface area contributed by atoms with Gasteiger partial charge < -0.3 is 36.2 Å². The zero-order valence-electron chi connectivity index (χ0n) is 18.4. The van der Waals surface area contributed by atoms with Gasteiger partial charge in [-0.1, -0.05) is 5.16 Å². The summed E-state index contributed by atoms with van der Waals surface area (Å²) >= 11 is 0. The normalized spacial score (nSPS) is 16.5. The van der Waals surface area contributed by atoms with E-state index in [2.05, 4.69) is 25.4 Å². The van der Waals surface area contributed by atoms with Crippen LogP contribution < -0.4 is 26.4 Å². The van der Waals surface area contributed by atoms with Gasteiger partial charge in [0, 0.05) is 38.8 Å². The lowest BCUT2D eigenvalue weighted by molar-refractivity contribution is 0.114. The third-order valence-electron chi connectivity index (χ3n) is 5.55. The van der Waals surface area contributed by atoms with Gasteiger partial charge in [-0.2, -0.15) is 0 Å². The monoisotopic (exact) mass is 455 g/mol. The minimum absolute atomic E-state index is 0.178. The number of carbonyl (C=O) groups is 1. The highest BCUT2D eigenvalue weighted by Crippen LogP contribution is 2.25. The molecule has 2 amide bonds. The van der Waals surface area contributed by atoms with Crippen LogP contribution in [-0.4, -0.2) is 77.5 Å². The summed E-state index contributed by atoms with van der Waals surface area (Å²) in [5.74, 6) is 1.54. The van der Waals surface area contributed by atoms with Gasteiger partial charge in [0.1, 0.15) is 30.7 Å². The summed E-state index contributed by atoms with van der Waals surface area (Å²) in [4.78, 5) is 34.2. The highest BCUT2D eigenvalue weighted by atomic mass is 16.6. The first-order valence-electron chi connectivity index (χ1n) is 11.0. The van der Waals surface area contributed by atoms with E-state index in [1.54, 1.807) is 23.2 Å². The van der Waals surface area contributed by atoms with Gasteiger partial charge >= 0.3 is 6.03 Å². The Bertz CT molecular complexity index is 958. The second kappa shape index (κ2) is 10.8. The first kappa shape index (κ1) is 22.5. The smallest absolute Gasteiger partial charge is 0.322 e. The zero-order valence-corrected chi connectivity index (χ0v) is 18.4. The quantitative estimate of drug-likeness (QED) is 0.300. The van der Waals surface area contributed by atoms with E-state index in [-0.39, 0.29) is 12.1 Å². The van der Waals surface area contributed by atoms with Crippen LogP contribution in [0.15, 0.2) is 29.8 Å². The topological polar surface area (TPSA) is 157 Å². The number of amides is 2. The summed E-state index contributed by atoms with van der Waals surface area (Å²) < 4.78 is 5.75. The fraction of sp³-hybridized carbons (Fsp3) is 0.476. The number of rotatable bonds is 8. The molecule has 4 rings (SSSR count). The molecule has 1 saturated heterocycles. The number of nitrogen functional groups attached to an aromatic ring is 1. The molecule has 176 valence electrons. The van der Waals surface area contributed by atoms with E-state index in [1.165, 1.54) is 19.0 Å². The number of hydrogen-bond acceptors (Lipinski definition) is 10. The molecule has 2 aromatic rings. The van der Waals surface area contributed by atoms with Gasteiger partial charge in [0.2, 0.25) is 5.88 Å². The summed E-state index contributed by atoms with van der Waals surface area (Å²) in [5.41, 5.74) is 12.6. The Balaban J connectivity index is 1.31. The molecule has 0 unspecified atom stereocenters. The molecule has 12 nitrogen and oxygen atoms in total. The molecule has 0 bridgehead atoms. The number of pyridine rings is 1. The number of piperazine rings is 1. The number of anilines is 3. The largest absolute Gasteiger partial charge is 0.474 e. The molecular formula is C21H29N9O3. The third kappa shape index (κ3) is 5.77.